The van der Waals surface area contributed by atoms with Crippen molar-refractivity contribution in [3.05, 3.63) is 89.1 Å². The number of hydrogen-bond donors (Lipinski definition) is 2. The lowest BCUT2D eigenvalue weighted by atomic mass is 9.70. The molecular weight excluding hydrogens is 757 g/mol. The van der Waals surface area contributed by atoms with E-state index in [-0.39, 0.29) is 85.9 Å². The number of rotatable bonds is 6. The lowest BCUT2D eigenvalue weighted by molar-refractivity contribution is -0.138. The number of aromatic amines is 2. The van der Waals surface area contributed by atoms with Gasteiger partial charge in [-0.05, 0) is 18.1 Å². The second kappa shape index (κ2) is 13.4. The number of aldehydes is 1. The molecule has 0 saturated carbocycles. The molecule has 0 spiro atoms. The van der Waals surface area contributed by atoms with Gasteiger partial charge in [-0.1, -0.05) is 70.7 Å². The molecule has 16 heteroatoms. The number of carbonyl (C=O) groups excluding carboxylic acids is 8. The van der Waals surface area contributed by atoms with E-state index in [9.17, 15) is 38.4 Å². The number of allylic oxidation sites excluding steroid dienone is 10. The van der Waals surface area contributed by atoms with Crippen molar-refractivity contribution in [2.75, 3.05) is 0 Å². The topological polar surface area (TPSA) is 245 Å². The molecule has 10 rings (SSSR count). The molecular formula is C43H32N8O8. The molecule has 7 aliphatic rings. The molecule has 6 unspecified atom stereocenters. The number of hydrogen-bond acceptors (Lipinski definition) is 14. The van der Waals surface area contributed by atoms with E-state index < -0.39 is 76.0 Å². The summed E-state index contributed by atoms with van der Waals surface area (Å²) in [5.41, 5.74) is 1.62. The van der Waals surface area contributed by atoms with Crippen LogP contribution >= 0.6 is 0 Å². The van der Waals surface area contributed by atoms with Crippen LogP contribution in [0.2, 0.25) is 0 Å². The zero-order valence-electron chi connectivity index (χ0n) is 31.9. The van der Waals surface area contributed by atoms with Gasteiger partial charge in [0.25, 0.3) is 0 Å². The third-order valence-electron chi connectivity index (χ3n) is 11.3. The Hall–Kier alpha value is -7.36. The van der Waals surface area contributed by atoms with Gasteiger partial charge >= 0.3 is 0 Å². The molecule has 10 bridgehead atoms. The highest BCUT2D eigenvalue weighted by molar-refractivity contribution is 6.57. The second-order valence-electron chi connectivity index (χ2n) is 15.5. The molecule has 59 heavy (non-hydrogen) atoms. The van der Waals surface area contributed by atoms with Crippen LogP contribution in [0.5, 0.6) is 0 Å². The average Bonchev–Trinajstić information content (AvgIpc) is 3.98. The van der Waals surface area contributed by atoms with Crippen molar-refractivity contribution in [1.82, 2.24) is 39.9 Å². The smallest absolute Gasteiger partial charge is 0.229 e. The second-order valence-corrected chi connectivity index (χ2v) is 15.5. The predicted molar refractivity (Wildman–Crippen MR) is 210 cm³/mol. The average molecular weight is 789 g/mol. The molecule has 292 valence electrons. The van der Waals surface area contributed by atoms with Crippen molar-refractivity contribution in [3.63, 3.8) is 0 Å². The first kappa shape index (κ1) is 37.2. The van der Waals surface area contributed by atoms with Gasteiger partial charge in [0.1, 0.15) is 22.6 Å². The molecule has 5 aliphatic carbocycles. The number of Topliss-reactive ketones (excluding diaryl/α,β-unsaturated/α-hetero) is 7. The summed E-state index contributed by atoms with van der Waals surface area (Å²) < 4.78 is 0. The quantitative estimate of drug-likeness (QED) is 0.157. The summed E-state index contributed by atoms with van der Waals surface area (Å²) in [4.78, 5) is 140. The standard InChI is InChI=1S/C43H32N8O8/c1-15(2)6-8-19(25(53)14-52)23-12-26-44-38(23)48-39-24(20-9-7-16(3)32(54)35(20)57)13-27(45-39)47-42-30-21-10-11-22(37(59)36(21)58)31(30)43(51-42)50-41-29-18(5)34(56)33(55)17(4)28(29)40(46-26)49-41/h6-16,18-22H,4H2,1-3,5H3,(H2,44,45,46,47,48,49,50,51)/b8-6-. The molecule has 0 saturated heterocycles. The van der Waals surface area contributed by atoms with Gasteiger partial charge < -0.3 is 9.97 Å². The van der Waals surface area contributed by atoms with Crippen molar-refractivity contribution in [3.8, 4) is 0 Å². The number of ketones is 7. The van der Waals surface area contributed by atoms with E-state index in [1.165, 1.54) is 12.1 Å². The fraction of sp³-hybridized carbons (Fsp3) is 0.256. The Balaban J connectivity index is 1.42. The van der Waals surface area contributed by atoms with E-state index in [1.54, 1.807) is 50.3 Å². The van der Waals surface area contributed by atoms with Gasteiger partial charge in [0.05, 0.1) is 29.6 Å². The number of H-pyrrole nitrogens is 2. The number of nitrogens with zero attached hydrogens (tertiary/aromatic N) is 6. The van der Waals surface area contributed by atoms with Crippen LogP contribution in [-0.2, 0) is 38.4 Å². The van der Waals surface area contributed by atoms with Crippen molar-refractivity contribution >= 4 is 97.7 Å². The third-order valence-corrected chi connectivity index (χ3v) is 11.3. The third kappa shape index (κ3) is 5.65. The largest absolute Gasteiger partial charge is 0.325 e. The van der Waals surface area contributed by atoms with Crippen LogP contribution in [0.1, 0.15) is 79.5 Å². The van der Waals surface area contributed by atoms with E-state index in [2.05, 4.69) is 21.5 Å². The van der Waals surface area contributed by atoms with Crippen molar-refractivity contribution in [2.45, 2.75) is 39.5 Å². The van der Waals surface area contributed by atoms with Gasteiger partial charge in [-0.15, -0.1) is 0 Å². The first-order chi connectivity index (χ1) is 28.2. The summed E-state index contributed by atoms with van der Waals surface area (Å²) >= 11 is 0. The zero-order valence-corrected chi connectivity index (χ0v) is 31.9. The first-order valence-electron chi connectivity index (χ1n) is 18.9. The lowest BCUT2D eigenvalue weighted by Gasteiger charge is -2.29. The summed E-state index contributed by atoms with van der Waals surface area (Å²) in [6, 6.07) is 1.51. The van der Waals surface area contributed by atoms with Gasteiger partial charge in [-0.25, -0.2) is 29.9 Å². The maximum Gasteiger partial charge on any atom is 0.229 e. The first-order valence-corrected chi connectivity index (χ1v) is 18.9. The Morgan fingerprint density at radius 3 is 2.03 bits per heavy atom. The van der Waals surface area contributed by atoms with Gasteiger partial charge in [0, 0.05) is 44.9 Å². The minimum absolute atomic E-state index is 0.0157. The van der Waals surface area contributed by atoms with Crippen molar-refractivity contribution in [1.29, 1.82) is 0 Å². The Kier molecular flexibility index (Phi) is 8.43. The fourth-order valence-corrected chi connectivity index (χ4v) is 8.27. The number of aromatic nitrogens is 8. The molecule has 0 aromatic carbocycles. The summed E-state index contributed by atoms with van der Waals surface area (Å²) in [5.74, 6) is -11.0. The lowest BCUT2D eigenvalue weighted by Crippen LogP contribution is -2.38. The van der Waals surface area contributed by atoms with Crippen LogP contribution in [-0.4, -0.2) is 86.6 Å². The van der Waals surface area contributed by atoms with Gasteiger partial charge in [0.2, 0.25) is 40.5 Å². The maximum absolute atomic E-state index is 13.5. The molecule has 0 fully saturated rings. The minimum Gasteiger partial charge on any atom is -0.325 e. The Labute approximate surface area is 333 Å². The Bertz CT molecular complexity index is 2960. The van der Waals surface area contributed by atoms with Crippen LogP contribution in [0.4, 0.5) is 0 Å². The Morgan fingerprint density at radius 2 is 1.36 bits per heavy atom. The van der Waals surface area contributed by atoms with Gasteiger partial charge in [-0.3, -0.25) is 38.4 Å². The summed E-state index contributed by atoms with van der Waals surface area (Å²) in [6.45, 7) is 10.8. The van der Waals surface area contributed by atoms with Crippen LogP contribution in [0, 0.1) is 29.6 Å². The van der Waals surface area contributed by atoms with E-state index >= 15 is 0 Å². The zero-order chi connectivity index (χ0) is 41.8. The molecule has 6 atom stereocenters. The Morgan fingerprint density at radius 1 is 0.712 bits per heavy atom. The van der Waals surface area contributed by atoms with E-state index in [1.807, 2.05) is 13.8 Å². The van der Waals surface area contributed by atoms with Crippen LogP contribution < -0.4 is 0 Å². The van der Waals surface area contributed by atoms with Crippen LogP contribution in [0.3, 0.4) is 0 Å². The molecule has 3 aromatic heterocycles. The van der Waals surface area contributed by atoms with E-state index in [0.29, 0.717) is 11.1 Å². The van der Waals surface area contributed by atoms with Gasteiger partial charge in [-0.2, -0.15) is 0 Å². The predicted octanol–water partition coefficient (Wildman–Crippen LogP) is 3.59. The normalized spacial score (nSPS) is 24.1. The SMILES string of the molecule is C=C1C(=O)C(=O)C(C)c2c1c1nc3nc(nc4[nH]c(cc4C4C=CC(C)C(=O)C4=O)nc4nc(nc2[nH]1)C1=C4C2C=CC1C(=O)C2=O)C(C(/C=C\C(C)C)C(=O)C=O)=C3. The summed E-state index contributed by atoms with van der Waals surface area (Å²) in [5, 5.41) is 0. The van der Waals surface area contributed by atoms with Crippen LogP contribution in [0.15, 0.2) is 49.1 Å². The molecule has 2 aliphatic heterocycles. The van der Waals surface area contributed by atoms with E-state index in [0.717, 1.165) is 0 Å². The molecule has 5 heterocycles. The molecule has 3 aromatic rings. The van der Waals surface area contributed by atoms with Crippen LogP contribution in [0.25, 0.3) is 51.0 Å². The van der Waals surface area contributed by atoms with Crippen molar-refractivity contribution < 1.29 is 38.4 Å². The van der Waals surface area contributed by atoms with E-state index in [4.69, 9.17) is 24.9 Å². The number of fused-ring (bicyclic) bond motifs is 12. The summed E-state index contributed by atoms with van der Waals surface area (Å²) in [7, 11) is 0. The monoisotopic (exact) mass is 788 g/mol. The molecule has 0 radical (unpaired) electrons. The minimum atomic E-state index is -1.17. The summed E-state index contributed by atoms with van der Waals surface area (Å²) in [6.07, 6.45) is 11.4. The van der Waals surface area contributed by atoms with Gasteiger partial charge in [0.15, 0.2) is 29.6 Å². The highest BCUT2D eigenvalue weighted by Gasteiger charge is 2.49. The van der Waals surface area contributed by atoms with Crippen molar-refractivity contribution in [2.24, 2.45) is 29.6 Å². The molecule has 2 N–H and O–H groups in total. The highest BCUT2D eigenvalue weighted by Crippen LogP contribution is 2.48. The molecule has 0 amide bonds. The molecule has 16 nitrogen and oxygen atoms in total. The maximum atomic E-state index is 13.5. The number of nitrogens with one attached hydrogen (secondary N) is 2. The fourth-order valence-electron chi connectivity index (χ4n) is 8.27. The number of carbonyl (C=O) groups is 8. The highest BCUT2D eigenvalue weighted by atomic mass is 16.2.